The van der Waals surface area contributed by atoms with Crippen molar-refractivity contribution < 1.29 is 5.11 Å². The lowest BCUT2D eigenvalue weighted by atomic mass is 9.48. The molecule has 20 heavy (non-hydrogen) atoms. The van der Waals surface area contributed by atoms with Gasteiger partial charge in [-0.3, -0.25) is 0 Å². The van der Waals surface area contributed by atoms with Crippen LogP contribution >= 0.6 is 0 Å². The van der Waals surface area contributed by atoms with E-state index in [4.69, 9.17) is 0 Å². The van der Waals surface area contributed by atoms with Crippen molar-refractivity contribution in [1.82, 2.24) is 0 Å². The molecule has 1 N–H and O–H groups in total. The Morgan fingerprint density at radius 2 is 1.90 bits per heavy atom. The summed E-state index contributed by atoms with van der Waals surface area (Å²) in [4.78, 5) is 0. The molecule has 0 bridgehead atoms. The fraction of sp³-hybridized carbons (Fsp3) is 0.895. The van der Waals surface area contributed by atoms with Crippen molar-refractivity contribution in [2.24, 2.45) is 28.6 Å². The molecular formula is C19H30O. The summed E-state index contributed by atoms with van der Waals surface area (Å²) in [6.07, 6.45) is 14.3. The van der Waals surface area contributed by atoms with Gasteiger partial charge in [0.15, 0.2) is 0 Å². The molecule has 0 aromatic carbocycles. The summed E-state index contributed by atoms with van der Waals surface area (Å²) in [6.45, 7) is 5.10. The fourth-order valence-corrected chi connectivity index (χ4v) is 6.63. The van der Waals surface area contributed by atoms with E-state index in [0.29, 0.717) is 10.8 Å². The molecule has 0 aliphatic heterocycles. The van der Waals surface area contributed by atoms with Crippen molar-refractivity contribution in [3.8, 4) is 0 Å². The van der Waals surface area contributed by atoms with Crippen molar-refractivity contribution >= 4 is 0 Å². The lowest BCUT2D eigenvalue weighted by molar-refractivity contribution is -0.0360. The largest absolute Gasteiger partial charge is 0.393 e. The molecule has 0 amide bonds. The van der Waals surface area contributed by atoms with E-state index in [-0.39, 0.29) is 6.10 Å². The first kappa shape index (κ1) is 13.4. The molecule has 1 heteroatoms. The first-order valence-electron chi connectivity index (χ1n) is 8.90. The third-order valence-electron chi connectivity index (χ3n) is 7.86. The quantitative estimate of drug-likeness (QED) is 0.635. The van der Waals surface area contributed by atoms with Crippen molar-refractivity contribution in [2.45, 2.75) is 77.7 Å². The van der Waals surface area contributed by atoms with Gasteiger partial charge in [0.25, 0.3) is 0 Å². The first-order valence-corrected chi connectivity index (χ1v) is 8.90. The molecule has 0 spiro atoms. The van der Waals surface area contributed by atoms with Crippen LogP contribution < -0.4 is 0 Å². The molecule has 3 fully saturated rings. The smallest absolute Gasteiger partial charge is 0.0577 e. The molecule has 0 radical (unpaired) electrons. The van der Waals surface area contributed by atoms with Crippen LogP contribution in [0.1, 0.15) is 71.6 Å². The van der Waals surface area contributed by atoms with Crippen molar-refractivity contribution in [1.29, 1.82) is 0 Å². The Balaban J connectivity index is 1.68. The minimum Gasteiger partial charge on any atom is -0.393 e. The summed E-state index contributed by atoms with van der Waals surface area (Å²) in [5.41, 5.74) is 2.70. The third-order valence-corrected chi connectivity index (χ3v) is 7.86. The van der Waals surface area contributed by atoms with Gasteiger partial charge in [-0.1, -0.05) is 31.9 Å². The number of fused-ring (bicyclic) bond motifs is 5. The highest BCUT2D eigenvalue weighted by Gasteiger charge is 2.55. The van der Waals surface area contributed by atoms with Crippen LogP contribution in [0.3, 0.4) is 0 Å². The molecule has 112 valence electrons. The molecular weight excluding hydrogens is 244 g/mol. The van der Waals surface area contributed by atoms with Gasteiger partial charge in [-0.25, -0.2) is 0 Å². The zero-order valence-corrected chi connectivity index (χ0v) is 13.2. The summed E-state index contributed by atoms with van der Waals surface area (Å²) in [5, 5.41) is 10.0. The highest BCUT2D eigenvalue weighted by Crippen LogP contribution is 2.64. The normalized spacial score (nSPS) is 54.6. The summed E-state index contributed by atoms with van der Waals surface area (Å²) < 4.78 is 0. The van der Waals surface area contributed by atoms with E-state index >= 15 is 0 Å². The van der Waals surface area contributed by atoms with Gasteiger partial charge in [0.05, 0.1) is 6.10 Å². The van der Waals surface area contributed by atoms with Crippen molar-refractivity contribution in [3.05, 3.63) is 11.6 Å². The summed E-state index contributed by atoms with van der Waals surface area (Å²) >= 11 is 0. The Hall–Kier alpha value is -0.300. The maximum absolute atomic E-state index is 10.0. The van der Waals surface area contributed by atoms with E-state index in [1.807, 2.05) is 0 Å². The number of hydrogen-bond donors (Lipinski definition) is 1. The van der Waals surface area contributed by atoms with E-state index < -0.39 is 0 Å². The van der Waals surface area contributed by atoms with Gasteiger partial charge in [0, 0.05) is 0 Å². The summed E-state index contributed by atoms with van der Waals surface area (Å²) in [7, 11) is 0. The van der Waals surface area contributed by atoms with Crippen LogP contribution in [0.2, 0.25) is 0 Å². The predicted molar refractivity (Wildman–Crippen MR) is 82.3 cm³/mol. The molecule has 3 saturated carbocycles. The Kier molecular flexibility index (Phi) is 2.91. The van der Waals surface area contributed by atoms with E-state index in [9.17, 15) is 5.11 Å². The lowest BCUT2D eigenvalue weighted by Gasteiger charge is -2.57. The molecule has 4 rings (SSSR count). The lowest BCUT2D eigenvalue weighted by Crippen LogP contribution is -2.49. The van der Waals surface area contributed by atoms with E-state index in [1.54, 1.807) is 5.57 Å². The minimum absolute atomic E-state index is 0.0637. The van der Waals surface area contributed by atoms with Crippen LogP contribution in [0.4, 0.5) is 0 Å². The van der Waals surface area contributed by atoms with Crippen molar-refractivity contribution in [3.63, 3.8) is 0 Å². The monoisotopic (exact) mass is 274 g/mol. The van der Waals surface area contributed by atoms with Crippen molar-refractivity contribution in [2.75, 3.05) is 0 Å². The van der Waals surface area contributed by atoms with Gasteiger partial charge >= 0.3 is 0 Å². The van der Waals surface area contributed by atoms with Crippen LogP contribution in [0.25, 0.3) is 0 Å². The molecule has 6 atom stereocenters. The van der Waals surface area contributed by atoms with Crippen LogP contribution in [0, 0.1) is 28.6 Å². The topological polar surface area (TPSA) is 20.2 Å². The fourth-order valence-electron chi connectivity index (χ4n) is 6.63. The Morgan fingerprint density at radius 3 is 2.75 bits per heavy atom. The third kappa shape index (κ3) is 1.71. The van der Waals surface area contributed by atoms with Gasteiger partial charge in [-0.05, 0) is 80.0 Å². The van der Waals surface area contributed by atoms with Gasteiger partial charge in [-0.15, -0.1) is 0 Å². The standard InChI is InChI=1S/C19H30O/c1-18-9-3-4-16(18)15-6-5-13-12-14(20)7-11-19(13,2)17(15)8-10-18/h5,14-17,20H,3-4,6-12H2,1-2H3/t14-,15+,16+,17+,18-,19-/m0/s1. The molecule has 0 aromatic heterocycles. The van der Waals surface area contributed by atoms with Crippen LogP contribution in [-0.4, -0.2) is 11.2 Å². The maximum atomic E-state index is 10.0. The molecule has 0 aromatic rings. The molecule has 0 heterocycles. The second-order valence-electron chi connectivity index (χ2n) is 8.74. The maximum Gasteiger partial charge on any atom is 0.0577 e. The zero-order valence-electron chi connectivity index (χ0n) is 13.2. The van der Waals surface area contributed by atoms with E-state index in [2.05, 4.69) is 19.9 Å². The van der Waals surface area contributed by atoms with E-state index in [1.165, 1.54) is 44.9 Å². The predicted octanol–water partition coefficient (Wildman–Crippen LogP) is 4.70. The second-order valence-corrected chi connectivity index (χ2v) is 8.74. The van der Waals surface area contributed by atoms with Gasteiger partial charge in [0.2, 0.25) is 0 Å². The molecule has 4 aliphatic carbocycles. The van der Waals surface area contributed by atoms with Gasteiger partial charge in [0.1, 0.15) is 0 Å². The number of hydrogen-bond acceptors (Lipinski definition) is 1. The van der Waals surface area contributed by atoms with Crippen LogP contribution in [0.5, 0.6) is 0 Å². The van der Waals surface area contributed by atoms with Crippen LogP contribution in [-0.2, 0) is 0 Å². The second kappa shape index (κ2) is 4.35. The molecule has 1 nitrogen and oxygen atoms in total. The van der Waals surface area contributed by atoms with E-state index in [0.717, 1.165) is 30.6 Å². The SMILES string of the molecule is C[C@@]12CCC[C@@H]1[C@H]1CC=C3C[C@@H](O)CC[C@]3(C)[C@@H]1CC2. The Bertz CT molecular complexity index is 439. The first-order chi connectivity index (χ1) is 9.53. The number of aliphatic hydroxyl groups is 1. The minimum atomic E-state index is -0.0637. The summed E-state index contributed by atoms with van der Waals surface area (Å²) in [5.74, 6) is 2.84. The highest BCUT2D eigenvalue weighted by molar-refractivity contribution is 5.25. The molecule has 0 unspecified atom stereocenters. The summed E-state index contributed by atoms with van der Waals surface area (Å²) in [6, 6.07) is 0. The molecule has 0 saturated heterocycles. The molecule has 4 aliphatic rings. The zero-order chi connectivity index (χ0) is 14.0. The Morgan fingerprint density at radius 1 is 1.05 bits per heavy atom. The number of aliphatic hydroxyl groups excluding tert-OH is 1. The van der Waals surface area contributed by atoms with Gasteiger partial charge < -0.3 is 5.11 Å². The average molecular weight is 274 g/mol. The number of allylic oxidation sites excluding steroid dienone is 1. The van der Waals surface area contributed by atoms with Crippen LogP contribution in [0.15, 0.2) is 11.6 Å². The number of rotatable bonds is 0. The Labute approximate surface area is 123 Å². The highest BCUT2D eigenvalue weighted by atomic mass is 16.3. The average Bonchev–Trinajstić information content (AvgIpc) is 2.81. The van der Waals surface area contributed by atoms with Gasteiger partial charge in [-0.2, -0.15) is 0 Å².